The lowest BCUT2D eigenvalue weighted by Gasteiger charge is -2.16. The van der Waals surface area contributed by atoms with Crippen molar-refractivity contribution < 1.29 is 18.3 Å². The van der Waals surface area contributed by atoms with E-state index in [2.05, 4.69) is 4.98 Å². The van der Waals surface area contributed by atoms with Gasteiger partial charge in [-0.1, -0.05) is 18.2 Å². The van der Waals surface area contributed by atoms with Crippen LogP contribution in [0.15, 0.2) is 36.5 Å². The summed E-state index contributed by atoms with van der Waals surface area (Å²) in [7, 11) is -3.17. The van der Waals surface area contributed by atoms with E-state index in [0.717, 1.165) is 22.7 Å². The molecule has 6 nitrogen and oxygen atoms in total. The van der Waals surface area contributed by atoms with Crippen LogP contribution in [-0.4, -0.2) is 60.5 Å². The van der Waals surface area contributed by atoms with Gasteiger partial charge in [-0.2, -0.15) is 0 Å². The molecule has 134 valence electrons. The lowest BCUT2D eigenvalue weighted by molar-refractivity contribution is -0.130. The first kappa shape index (κ1) is 17.8. The maximum atomic E-state index is 12.2. The van der Waals surface area contributed by atoms with Crippen LogP contribution in [0.1, 0.15) is 12.0 Å². The molecular weight excluding hydrogens is 340 g/mol. The zero-order valence-electron chi connectivity index (χ0n) is 14.1. The fraction of sp³-hybridized carbons (Fsp3) is 0.444. The van der Waals surface area contributed by atoms with E-state index in [4.69, 9.17) is 0 Å². The Kier molecular flexibility index (Phi) is 5.06. The van der Waals surface area contributed by atoms with E-state index in [-0.39, 0.29) is 30.5 Å². The Morgan fingerprint density at radius 3 is 2.80 bits per heavy atom. The zero-order valence-corrected chi connectivity index (χ0v) is 14.9. The molecule has 0 spiro atoms. The van der Waals surface area contributed by atoms with Crippen LogP contribution in [0.5, 0.6) is 0 Å². The summed E-state index contributed by atoms with van der Waals surface area (Å²) in [6, 6.07) is 9.80. The van der Waals surface area contributed by atoms with Crippen molar-refractivity contribution in [3.8, 4) is 0 Å². The molecule has 1 aliphatic heterocycles. The van der Waals surface area contributed by atoms with Gasteiger partial charge in [0.2, 0.25) is 5.91 Å². The van der Waals surface area contributed by atoms with Crippen LogP contribution >= 0.6 is 0 Å². The van der Waals surface area contributed by atoms with Gasteiger partial charge in [0, 0.05) is 43.3 Å². The standard InChI is InChI=1S/C18H22N2O4S/c1-25(23,24)9-7-18(22)20-11-14(17(21)12-20)10-13-6-8-19-16-5-3-2-4-15(13)16/h2-6,8,14,17,21H,7,9-12H2,1H3/t14-,17-/m1/s1. The van der Waals surface area contributed by atoms with Gasteiger partial charge in [0.05, 0.1) is 17.4 Å². The topological polar surface area (TPSA) is 87.6 Å². The number of aliphatic hydroxyl groups is 1. The number of β-amino-alcohol motifs (C(OH)–C–C–N with tert-alkyl or cyclic N) is 1. The number of amides is 1. The van der Waals surface area contributed by atoms with Crippen LogP contribution in [0.2, 0.25) is 0 Å². The number of para-hydroxylation sites is 1. The highest BCUT2D eigenvalue weighted by Crippen LogP contribution is 2.25. The summed E-state index contributed by atoms with van der Waals surface area (Å²) in [5, 5.41) is 11.4. The lowest BCUT2D eigenvalue weighted by Crippen LogP contribution is -2.30. The molecule has 2 aromatic rings. The monoisotopic (exact) mass is 362 g/mol. The SMILES string of the molecule is CS(=O)(=O)CCC(=O)N1C[C@@H](Cc2ccnc3ccccc23)[C@H](O)C1. The van der Waals surface area contributed by atoms with E-state index >= 15 is 0 Å². The predicted octanol–water partition coefficient (Wildman–Crippen LogP) is 1.03. The summed E-state index contributed by atoms with van der Waals surface area (Å²) >= 11 is 0. The van der Waals surface area contributed by atoms with Crippen LogP contribution in [-0.2, 0) is 21.1 Å². The molecule has 7 heteroatoms. The van der Waals surface area contributed by atoms with Crippen LogP contribution in [0.4, 0.5) is 0 Å². The minimum absolute atomic E-state index is 0.0313. The van der Waals surface area contributed by atoms with Gasteiger partial charge < -0.3 is 10.0 Å². The van der Waals surface area contributed by atoms with Crippen molar-refractivity contribution in [1.82, 2.24) is 9.88 Å². The van der Waals surface area contributed by atoms with Crippen LogP contribution < -0.4 is 0 Å². The molecule has 0 aliphatic carbocycles. The number of nitrogens with zero attached hydrogens (tertiary/aromatic N) is 2. The Morgan fingerprint density at radius 2 is 2.04 bits per heavy atom. The van der Waals surface area contributed by atoms with Gasteiger partial charge in [0.1, 0.15) is 9.84 Å². The molecule has 2 heterocycles. The zero-order chi connectivity index (χ0) is 18.0. The second kappa shape index (κ2) is 7.09. The van der Waals surface area contributed by atoms with E-state index < -0.39 is 15.9 Å². The average molecular weight is 362 g/mol. The van der Waals surface area contributed by atoms with E-state index in [9.17, 15) is 18.3 Å². The van der Waals surface area contributed by atoms with Crippen LogP contribution in [0.3, 0.4) is 0 Å². The number of hydrogen-bond acceptors (Lipinski definition) is 5. The average Bonchev–Trinajstić information content (AvgIpc) is 2.93. The molecule has 1 saturated heterocycles. The maximum Gasteiger partial charge on any atom is 0.223 e. The highest BCUT2D eigenvalue weighted by Gasteiger charge is 2.34. The summed E-state index contributed by atoms with van der Waals surface area (Å²) in [5.74, 6) is -0.433. The van der Waals surface area contributed by atoms with Gasteiger partial charge in [-0.15, -0.1) is 0 Å². The molecule has 0 bridgehead atoms. The first-order valence-electron chi connectivity index (χ1n) is 8.29. The van der Waals surface area contributed by atoms with Crippen molar-refractivity contribution in [2.75, 3.05) is 25.1 Å². The normalized spacial score (nSPS) is 21.0. The fourth-order valence-electron chi connectivity index (χ4n) is 3.30. The lowest BCUT2D eigenvalue weighted by atomic mass is 9.94. The molecule has 1 amide bonds. The number of rotatable bonds is 5. The summed E-state index contributed by atoms with van der Waals surface area (Å²) in [5.41, 5.74) is 2.01. The largest absolute Gasteiger partial charge is 0.391 e. The summed E-state index contributed by atoms with van der Waals surface area (Å²) in [6.45, 7) is 0.705. The molecule has 1 aliphatic rings. The third-order valence-corrected chi connectivity index (χ3v) is 5.61. The summed E-state index contributed by atoms with van der Waals surface area (Å²) in [4.78, 5) is 18.1. The molecule has 0 unspecified atom stereocenters. The number of aliphatic hydroxyl groups excluding tert-OH is 1. The van der Waals surface area contributed by atoms with Crippen molar-refractivity contribution in [2.45, 2.75) is 18.9 Å². The molecule has 1 aromatic heterocycles. The highest BCUT2D eigenvalue weighted by atomic mass is 32.2. The third kappa shape index (κ3) is 4.35. The summed E-state index contributed by atoms with van der Waals surface area (Å²) < 4.78 is 22.4. The van der Waals surface area contributed by atoms with Gasteiger partial charge in [-0.3, -0.25) is 9.78 Å². The minimum Gasteiger partial charge on any atom is -0.391 e. The Morgan fingerprint density at radius 1 is 1.28 bits per heavy atom. The number of fused-ring (bicyclic) bond motifs is 1. The first-order chi connectivity index (χ1) is 11.8. The van der Waals surface area contributed by atoms with Crippen molar-refractivity contribution in [2.24, 2.45) is 5.92 Å². The Balaban J connectivity index is 1.68. The van der Waals surface area contributed by atoms with Crippen LogP contribution in [0, 0.1) is 5.92 Å². The maximum absolute atomic E-state index is 12.2. The van der Waals surface area contributed by atoms with Crippen molar-refractivity contribution in [3.63, 3.8) is 0 Å². The van der Waals surface area contributed by atoms with Crippen molar-refractivity contribution in [1.29, 1.82) is 0 Å². The van der Waals surface area contributed by atoms with E-state index in [1.165, 1.54) is 0 Å². The Bertz CT molecular complexity index is 876. The Labute approximate surface area is 147 Å². The van der Waals surface area contributed by atoms with E-state index in [0.29, 0.717) is 13.0 Å². The number of carbonyl (C=O) groups excluding carboxylic acids is 1. The summed E-state index contributed by atoms with van der Waals surface area (Å²) in [6.07, 6.45) is 2.90. The number of sulfone groups is 1. The Hall–Kier alpha value is -1.99. The smallest absolute Gasteiger partial charge is 0.223 e. The van der Waals surface area contributed by atoms with Gasteiger partial charge >= 0.3 is 0 Å². The quantitative estimate of drug-likeness (QED) is 0.858. The predicted molar refractivity (Wildman–Crippen MR) is 95.9 cm³/mol. The second-order valence-corrected chi connectivity index (χ2v) is 8.96. The minimum atomic E-state index is -3.17. The number of aromatic nitrogens is 1. The second-order valence-electron chi connectivity index (χ2n) is 6.70. The molecule has 3 rings (SSSR count). The number of benzene rings is 1. The van der Waals surface area contributed by atoms with Gasteiger partial charge in [-0.25, -0.2) is 8.42 Å². The van der Waals surface area contributed by atoms with Gasteiger partial charge in [0.25, 0.3) is 0 Å². The van der Waals surface area contributed by atoms with Gasteiger partial charge in [-0.05, 0) is 24.1 Å². The molecule has 1 aromatic carbocycles. The fourth-order valence-corrected chi connectivity index (χ4v) is 3.85. The molecule has 1 fully saturated rings. The van der Waals surface area contributed by atoms with E-state index in [1.807, 2.05) is 30.3 Å². The molecule has 1 N–H and O–H groups in total. The number of pyridine rings is 1. The first-order valence-corrected chi connectivity index (χ1v) is 10.4. The third-order valence-electron chi connectivity index (χ3n) is 4.67. The molecular formula is C18H22N2O4S. The molecule has 0 radical (unpaired) electrons. The number of carbonyl (C=O) groups is 1. The number of likely N-dealkylation sites (tertiary alicyclic amines) is 1. The highest BCUT2D eigenvalue weighted by molar-refractivity contribution is 7.90. The van der Waals surface area contributed by atoms with Crippen LogP contribution in [0.25, 0.3) is 10.9 Å². The van der Waals surface area contributed by atoms with Crippen molar-refractivity contribution in [3.05, 3.63) is 42.1 Å². The molecule has 0 saturated carbocycles. The van der Waals surface area contributed by atoms with E-state index in [1.54, 1.807) is 11.1 Å². The molecule has 25 heavy (non-hydrogen) atoms. The number of hydrogen-bond donors (Lipinski definition) is 1. The molecule has 2 atom stereocenters. The van der Waals surface area contributed by atoms with Gasteiger partial charge in [0.15, 0.2) is 0 Å². The van der Waals surface area contributed by atoms with Crippen molar-refractivity contribution >= 4 is 26.6 Å².